The molecule has 0 aliphatic rings. The van der Waals surface area contributed by atoms with Crippen molar-refractivity contribution in [1.82, 2.24) is 9.55 Å². The topological polar surface area (TPSA) is 40.2 Å². The minimum atomic E-state index is -0.181. The van der Waals surface area contributed by atoms with E-state index >= 15 is 0 Å². The Labute approximate surface area is 128 Å². The van der Waals surface area contributed by atoms with E-state index in [1.54, 1.807) is 7.11 Å². The van der Waals surface area contributed by atoms with Crippen molar-refractivity contribution in [2.24, 2.45) is 0 Å². The fourth-order valence-electron chi connectivity index (χ4n) is 2.45. The third-order valence-corrected chi connectivity index (χ3v) is 3.65. The maximum absolute atomic E-state index is 6.28. The highest BCUT2D eigenvalue weighted by Gasteiger charge is 2.16. The first-order chi connectivity index (χ1) is 10.1. The highest BCUT2D eigenvalue weighted by Crippen LogP contribution is 2.28. The highest BCUT2D eigenvalue weighted by atomic mass is 35.5. The number of benzene rings is 1. The van der Waals surface area contributed by atoms with Crippen molar-refractivity contribution < 1.29 is 9.15 Å². The predicted octanol–water partition coefficient (Wildman–Crippen LogP) is 4.29. The molecule has 1 atom stereocenters. The number of nitrogens with zero attached hydrogens (tertiary/aromatic N) is 2. The summed E-state index contributed by atoms with van der Waals surface area (Å²) < 4.78 is 13.0. The smallest absolute Gasteiger partial charge is 0.128 e. The maximum atomic E-state index is 6.28. The van der Waals surface area contributed by atoms with Crippen LogP contribution < -0.4 is 4.74 Å². The summed E-state index contributed by atoms with van der Waals surface area (Å²) in [5, 5.41) is -0.181. The van der Waals surface area contributed by atoms with Gasteiger partial charge in [-0.3, -0.25) is 0 Å². The van der Waals surface area contributed by atoms with Crippen LogP contribution in [0.25, 0.3) is 11.0 Å². The van der Waals surface area contributed by atoms with Gasteiger partial charge in [0.2, 0.25) is 0 Å². The molecule has 0 saturated heterocycles. The van der Waals surface area contributed by atoms with Gasteiger partial charge in [-0.2, -0.15) is 0 Å². The van der Waals surface area contributed by atoms with Gasteiger partial charge in [-0.15, -0.1) is 11.6 Å². The third-order valence-electron chi connectivity index (χ3n) is 3.45. The number of rotatable bonds is 4. The van der Waals surface area contributed by atoms with E-state index in [0.717, 1.165) is 34.1 Å². The summed E-state index contributed by atoms with van der Waals surface area (Å²) in [5.74, 6) is 3.40. The number of aryl methyl sites for hydroxylation is 1. The molecule has 3 rings (SSSR count). The zero-order chi connectivity index (χ0) is 15.0. The molecule has 110 valence electrons. The van der Waals surface area contributed by atoms with Crippen molar-refractivity contribution in [3.63, 3.8) is 0 Å². The molecule has 0 N–H and O–H groups in total. The number of imidazole rings is 1. The van der Waals surface area contributed by atoms with Crippen LogP contribution in [0.15, 0.2) is 34.7 Å². The molecule has 0 fully saturated rings. The van der Waals surface area contributed by atoms with Crippen LogP contribution in [0.2, 0.25) is 0 Å². The van der Waals surface area contributed by atoms with Crippen molar-refractivity contribution in [2.75, 3.05) is 7.11 Å². The molecule has 5 heteroatoms. The number of furan rings is 1. The quantitative estimate of drug-likeness (QED) is 0.675. The van der Waals surface area contributed by atoms with E-state index in [-0.39, 0.29) is 5.38 Å². The van der Waals surface area contributed by atoms with Crippen LogP contribution in [0.5, 0.6) is 5.75 Å². The zero-order valence-electron chi connectivity index (χ0n) is 12.3. The fourth-order valence-corrected chi connectivity index (χ4v) is 2.62. The van der Waals surface area contributed by atoms with Gasteiger partial charge in [0.25, 0.3) is 0 Å². The summed E-state index contributed by atoms with van der Waals surface area (Å²) >= 11 is 6.28. The lowest BCUT2D eigenvalue weighted by Gasteiger charge is -2.09. The van der Waals surface area contributed by atoms with E-state index in [9.17, 15) is 0 Å². The summed E-state index contributed by atoms with van der Waals surface area (Å²) in [6.45, 7) is 4.47. The van der Waals surface area contributed by atoms with E-state index < -0.39 is 0 Å². The van der Waals surface area contributed by atoms with Crippen LogP contribution in [-0.2, 0) is 6.54 Å². The van der Waals surface area contributed by atoms with Crippen molar-refractivity contribution in [3.05, 3.63) is 47.7 Å². The number of hydrogen-bond donors (Lipinski definition) is 0. The highest BCUT2D eigenvalue weighted by molar-refractivity contribution is 6.20. The lowest BCUT2D eigenvalue weighted by Crippen LogP contribution is -2.05. The second kappa shape index (κ2) is 5.45. The Bertz CT molecular complexity index is 774. The summed E-state index contributed by atoms with van der Waals surface area (Å²) in [6, 6.07) is 9.78. The summed E-state index contributed by atoms with van der Waals surface area (Å²) in [5.41, 5.74) is 1.90. The van der Waals surface area contributed by atoms with Gasteiger partial charge in [-0.05, 0) is 38.1 Å². The first-order valence-electron chi connectivity index (χ1n) is 6.82. The number of alkyl halides is 1. The molecule has 1 aromatic carbocycles. The summed E-state index contributed by atoms with van der Waals surface area (Å²) in [4.78, 5) is 4.63. The number of hydrogen-bond acceptors (Lipinski definition) is 3. The third kappa shape index (κ3) is 2.63. The van der Waals surface area contributed by atoms with Gasteiger partial charge in [0.1, 0.15) is 23.1 Å². The second-order valence-electron chi connectivity index (χ2n) is 5.04. The molecule has 21 heavy (non-hydrogen) atoms. The molecule has 2 heterocycles. The fraction of sp³-hybridized carbons (Fsp3) is 0.312. The number of methoxy groups -OCH3 is 1. The van der Waals surface area contributed by atoms with Crippen LogP contribution in [0.4, 0.5) is 0 Å². The van der Waals surface area contributed by atoms with Crippen molar-refractivity contribution in [3.8, 4) is 5.75 Å². The molecule has 1 unspecified atom stereocenters. The molecule has 2 aromatic heterocycles. The largest absolute Gasteiger partial charge is 0.497 e. The molecular weight excluding hydrogens is 288 g/mol. The molecular formula is C16H17ClN2O2. The molecule has 0 amide bonds. The van der Waals surface area contributed by atoms with Gasteiger partial charge in [-0.1, -0.05) is 0 Å². The Morgan fingerprint density at radius 3 is 2.76 bits per heavy atom. The standard InChI is InChI=1S/C16H17ClN2O2/c1-10-4-5-13(21-10)9-19-15-7-6-12(20-3)8-14(15)18-16(19)11(2)17/h4-8,11H,9H2,1-3H3. The van der Waals surface area contributed by atoms with Gasteiger partial charge in [-0.25, -0.2) is 4.98 Å². The number of aromatic nitrogens is 2. The molecule has 4 nitrogen and oxygen atoms in total. The molecule has 3 aromatic rings. The molecule has 0 saturated carbocycles. The van der Waals surface area contributed by atoms with Gasteiger partial charge < -0.3 is 13.7 Å². The van der Waals surface area contributed by atoms with Gasteiger partial charge in [0, 0.05) is 6.07 Å². The van der Waals surface area contributed by atoms with Crippen molar-refractivity contribution >= 4 is 22.6 Å². The van der Waals surface area contributed by atoms with Gasteiger partial charge >= 0.3 is 0 Å². The minimum absolute atomic E-state index is 0.181. The average Bonchev–Trinajstić information content (AvgIpc) is 3.03. The van der Waals surface area contributed by atoms with Crippen LogP contribution in [0.3, 0.4) is 0 Å². The Kier molecular flexibility index (Phi) is 3.64. The summed E-state index contributed by atoms with van der Waals surface area (Å²) in [7, 11) is 1.65. The van der Waals surface area contributed by atoms with Crippen molar-refractivity contribution in [2.45, 2.75) is 25.8 Å². The Morgan fingerprint density at radius 2 is 2.14 bits per heavy atom. The van der Waals surface area contributed by atoms with E-state index in [1.165, 1.54) is 0 Å². The monoisotopic (exact) mass is 304 g/mol. The van der Waals surface area contributed by atoms with Crippen LogP contribution in [0, 0.1) is 6.92 Å². The van der Waals surface area contributed by atoms with E-state index in [2.05, 4.69) is 9.55 Å². The molecule has 0 spiro atoms. The average molecular weight is 305 g/mol. The Hall–Kier alpha value is -1.94. The number of fused-ring (bicyclic) bond motifs is 1. The lowest BCUT2D eigenvalue weighted by atomic mass is 10.3. The van der Waals surface area contributed by atoms with E-state index in [4.69, 9.17) is 20.8 Å². The van der Waals surface area contributed by atoms with Crippen LogP contribution >= 0.6 is 11.6 Å². The Balaban J connectivity index is 2.11. The molecule has 0 radical (unpaired) electrons. The number of halogens is 1. The van der Waals surface area contributed by atoms with Crippen molar-refractivity contribution in [1.29, 1.82) is 0 Å². The van der Waals surface area contributed by atoms with Gasteiger partial charge in [0.05, 0.1) is 30.1 Å². The zero-order valence-corrected chi connectivity index (χ0v) is 13.0. The Morgan fingerprint density at radius 1 is 1.33 bits per heavy atom. The molecule has 0 aliphatic heterocycles. The minimum Gasteiger partial charge on any atom is -0.497 e. The van der Waals surface area contributed by atoms with Gasteiger partial charge in [0.15, 0.2) is 0 Å². The molecule has 0 bridgehead atoms. The number of ether oxygens (including phenoxy) is 1. The van der Waals surface area contributed by atoms with Crippen LogP contribution in [0.1, 0.15) is 29.6 Å². The maximum Gasteiger partial charge on any atom is 0.128 e. The van der Waals surface area contributed by atoms with Crippen LogP contribution in [-0.4, -0.2) is 16.7 Å². The SMILES string of the molecule is COc1ccc2c(c1)nc(C(C)Cl)n2Cc1ccc(C)o1. The lowest BCUT2D eigenvalue weighted by molar-refractivity contribution is 0.415. The van der Waals surface area contributed by atoms with E-state index in [0.29, 0.717) is 6.54 Å². The first-order valence-corrected chi connectivity index (χ1v) is 7.25. The predicted molar refractivity (Wildman–Crippen MR) is 83.1 cm³/mol. The van der Waals surface area contributed by atoms with E-state index in [1.807, 2.05) is 44.2 Å². The normalized spacial score (nSPS) is 12.8. The first kappa shape index (κ1) is 14.0. The summed E-state index contributed by atoms with van der Waals surface area (Å²) in [6.07, 6.45) is 0. The second-order valence-corrected chi connectivity index (χ2v) is 5.69. The molecule has 0 aliphatic carbocycles.